The molecule has 4 bridgehead atoms. The molecule has 0 aliphatic heterocycles. The van der Waals surface area contributed by atoms with Gasteiger partial charge in [0.1, 0.15) is 0 Å². The Hall–Kier alpha value is -0.0800. The van der Waals surface area contributed by atoms with Gasteiger partial charge in [-0.3, -0.25) is 0 Å². The zero-order chi connectivity index (χ0) is 13.7. The van der Waals surface area contributed by atoms with Gasteiger partial charge in [0.25, 0.3) is 0 Å². The van der Waals surface area contributed by atoms with Crippen molar-refractivity contribution in [3.05, 3.63) is 0 Å². The monoisotopic (exact) mass is 265 g/mol. The van der Waals surface area contributed by atoms with E-state index in [-0.39, 0.29) is 0 Å². The van der Waals surface area contributed by atoms with Gasteiger partial charge in [0.15, 0.2) is 0 Å². The quantitative estimate of drug-likeness (QED) is 0.824. The van der Waals surface area contributed by atoms with Crippen molar-refractivity contribution in [2.75, 3.05) is 19.6 Å². The van der Waals surface area contributed by atoms with Gasteiger partial charge in [-0.1, -0.05) is 6.92 Å². The summed E-state index contributed by atoms with van der Waals surface area (Å²) in [4.78, 5) is 2.51. The van der Waals surface area contributed by atoms with Crippen molar-refractivity contribution in [2.45, 2.75) is 64.9 Å². The van der Waals surface area contributed by atoms with Gasteiger partial charge >= 0.3 is 0 Å². The van der Waals surface area contributed by atoms with Crippen molar-refractivity contribution in [3.8, 4) is 0 Å². The second-order valence-electron chi connectivity index (χ2n) is 8.53. The van der Waals surface area contributed by atoms with Gasteiger partial charge in [-0.05, 0) is 82.1 Å². The first-order valence-corrected chi connectivity index (χ1v) is 8.32. The molecule has 0 unspecified atom stereocenters. The molecule has 0 amide bonds. The molecule has 0 heterocycles. The minimum Gasteiger partial charge on any atom is -0.389 e. The maximum atomic E-state index is 10.1. The van der Waals surface area contributed by atoms with E-state index in [0.717, 1.165) is 30.8 Å². The van der Waals surface area contributed by atoms with Gasteiger partial charge in [-0.2, -0.15) is 0 Å². The van der Waals surface area contributed by atoms with Crippen LogP contribution in [0.3, 0.4) is 0 Å². The predicted molar refractivity (Wildman–Crippen MR) is 79.0 cm³/mol. The molecule has 4 saturated carbocycles. The Balaban J connectivity index is 1.68. The van der Waals surface area contributed by atoms with Crippen LogP contribution in [-0.4, -0.2) is 35.2 Å². The SMILES string of the molecule is CCN(CC(C)(C)O)CC12CC3CC(CC(C3)C1)C2. The highest BCUT2D eigenvalue weighted by molar-refractivity contribution is 5.02. The molecule has 0 aromatic heterocycles. The first kappa shape index (κ1) is 13.9. The number of rotatable bonds is 5. The summed E-state index contributed by atoms with van der Waals surface area (Å²) in [5.41, 5.74) is 0.0499. The van der Waals surface area contributed by atoms with E-state index in [1.807, 2.05) is 13.8 Å². The molecule has 4 fully saturated rings. The lowest BCUT2D eigenvalue weighted by molar-refractivity contribution is -0.0768. The molecule has 4 aliphatic rings. The molecular weight excluding hydrogens is 234 g/mol. The van der Waals surface area contributed by atoms with E-state index < -0.39 is 5.60 Å². The van der Waals surface area contributed by atoms with Crippen LogP contribution < -0.4 is 0 Å². The van der Waals surface area contributed by atoms with Crippen LogP contribution in [0.25, 0.3) is 0 Å². The van der Waals surface area contributed by atoms with Crippen molar-refractivity contribution >= 4 is 0 Å². The van der Waals surface area contributed by atoms with E-state index >= 15 is 0 Å². The van der Waals surface area contributed by atoms with Gasteiger partial charge in [-0.25, -0.2) is 0 Å². The van der Waals surface area contributed by atoms with Gasteiger partial charge in [0.05, 0.1) is 5.60 Å². The maximum Gasteiger partial charge on any atom is 0.0718 e. The standard InChI is InChI=1S/C17H31NO/c1-4-18(11-16(2,3)19)12-17-8-13-5-14(9-17)7-15(6-13)10-17/h13-15,19H,4-12H2,1-3H3. The molecule has 4 rings (SSSR count). The Morgan fingerprint density at radius 2 is 1.53 bits per heavy atom. The number of hydrogen-bond acceptors (Lipinski definition) is 2. The fourth-order valence-corrected chi connectivity index (χ4v) is 5.78. The van der Waals surface area contributed by atoms with Crippen LogP contribution in [0.2, 0.25) is 0 Å². The molecular formula is C17H31NO. The fraction of sp³-hybridized carbons (Fsp3) is 1.00. The molecule has 0 saturated heterocycles. The van der Waals surface area contributed by atoms with E-state index in [4.69, 9.17) is 0 Å². The van der Waals surface area contributed by atoms with Crippen LogP contribution >= 0.6 is 0 Å². The van der Waals surface area contributed by atoms with E-state index in [1.54, 1.807) is 0 Å². The van der Waals surface area contributed by atoms with Gasteiger partial charge in [0, 0.05) is 13.1 Å². The average Bonchev–Trinajstić information content (AvgIpc) is 2.23. The highest BCUT2D eigenvalue weighted by Gasteiger charge is 2.51. The van der Waals surface area contributed by atoms with E-state index in [0.29, 0.717) is 5.41 Å². The van der Waals surface area contributed by atoms with E-state index in [9.17, 15) is 5.11 Å². The number of aliphatic hydroxyl groups is 1. The largest absolute Gasteiger partial charge is 0.389 e. The summed E-state index contributed by atoms with van der Waals surface area (Å²) in [6.07, 6.45) is 8.99. The van der Waals surface area contributed by atoms with Gasteiger partial charge in [-0.15, -0.1) is 0 Å². The van der Waals surface area contributed by atoms with Crippen LogP contribution in [0, 0.1) is 23.2 Å². The van der Waals surface area contributed by atoms with Crippen molar-refractivity contribution < 1.29 is 5.11 Å². The van der Waals surface area contributed by atoms with Gasteiger partial charge in [0.2, 0.25) is 0 Å². The second kappa shape index (κ2) is 4.73. The van der Waals surface area contributed by atoms with Crippen molar-refractivity contribution in [1.82, 2.24) is 4.90 Å². The second-order valence-corrected chi connectivity index (χ2v) is 8.53. The van der Waals surface area contributed by atoms with Crippen LogP contribution in [0.5, 0.6) is 0 Å². The Kier molecular flexibility index (Phi) is 3.46. The minimum atomic E-state index is -0.557. The third-order valence-electron chi connectivity index (χ3n) is 5.78. The zero-order valence-corrected chi connectivity index (χ0v) is 13.0. The maximum absolute atomic E-state index is 10.1. The lowest BCUT2D eigenvalue weighted by atomic mass is 9.49. The zero-order valence-electron chi connectivity index (χ0n) is 13.0. The normalized spacial score (nSPS) is 41.2. The number of hydrogen-bond donors (Lipinski definition) is 1. The average molecular weight is 265 g/mol. The van der Waals surface area contributed by atoms with Crippen LogP contribution in [0.1, 0.15) is 59.3 Å². The first-order valence-electron chi connectivity index (χ1n) is 8.32. The van der Waals surface area contributed by atoms with Crippen LogP contribution in [0.4, 0.5) is 0 Å². The minimum absolute atomic E-state index is 0.557. The lowest BCUT2D eigenvalue weighted by Crippen LogP contribution is -2.52. The summed E-state index contributed by atoms with van der Waals surface area (Å²) < 4.78 is 0. The third kappa shape index (κ3) is 3.00. The molecule has 2 heteroatoms. The Labute approximate surface area is 118 Å². The molecule has 0 radical (unpaired) electrons. The number of likely N-dealkylation sites (N-methyl/N-ethyl adjacent to an activating group) is 1. The number of nitrogens with zero attached hydrogens (tertiary/aromatic N) is 1. The molecule has 0 aromatic rings. The summed E-state index contributed by atoms with van der Waals surface area (Å²) in [7, 11) is 0. The predicted octanol–water partition coefficient (Wildman–Crippen LogP) is 3.30. The molecule has 19 heavy (non-hydrogen) atoms. The highest BCUT2D eigenvalue weighted by atomic mass is 16.3. The first-order chi connectivity index (χ1) is 8.87. The van der Waals surface area contributed by atoms with E-state index in [1.165, 1.54) is 45.1 Å². The molecule has 4 aliphatic carbocycles. The molecule has 1 N–H and O–H groups in total. The summed E-state index contributed by atoms with van der Waals surface area (Å²) in [5.74, 6) is 3.10. The summed E-state index contributed by atoms with van der Waals surface area (Å²) in [6, 6.07) is 0. The smallest absolute Gasteiger partial charge is 0.0718 e. The highest BCUT2D eigenvalue weighted by Crippen LogP contribution is 2.60. The Morgan fingerprint density at radius 3 is 1.89 bits per heavy atom. The molecule has 0 atom stereocenters. The van der Waals surface area contributed by atoms with Crippen LogP contribution in [0.15, 0.2) is 0 Å². The van der Waals surface area contributed by atoms with Crippen molar-refractivity contribution in [2.24, 2.45) is 23.2 Å². The summed E-state index contributed by atoms with van der Waals surface area (Å²) >= 11 is 0. The summed E-state index contributed by atoms with van der Waals surface area (Å²) in [6.45, 7) is 9.25. The fourth-order valence-electron chi connectivity index (χ4n) is 5.78. The topological polar surface area (TPSA) is 23.5 Å². The van der Waals surface area contributed by atoms with Gasteiger partial charge < -0.3 is 10.0 Å². The molecule has 0 spiro atoms. The lowest BCUT2D eigenvalue weighted by Gasteiger charge is -2.58. The Morgan fingerprint density at radius 1 is 1.05 bits per heavy atom. The summed E-state index contributed by atoms with van der Waals surface area (Å²) in [5, 5.41) is 10.1. The van der Waals surface area contributed by atoms with Crippen molar-refractivity contribution in [1.29, 1.82) is 0 Å². The van der Waals surface area contributed by atoms with Crippen molar-refractivity contribution in [3.63, 3.8) is 0 Å². The molecule has 0 aromatic carbocycles. The van der Waals surface area contributed by atoms with Crippen LogP contribution in [-0.2, 0) is 0 Å². The Bertz CT molecular complexity index is 295. The molecule has 110 valence electrons. The third-order valence-corrected chi connectivity index (χ3v) is 5.78. The van der Waals surface area contributed by atoms with E-state index in [2.05, 4.69) is 11.8 Å². The molecule has 2 nitrogen and oxygen atoms in total.